The molecule has 1 aromatic rings. The molecule has 6 heteroatoms. The topological polar surface area (TPSA) is 0 Å². The molecule has 0 saturated carbocycles. The van der Waals surface area contributed by atoms with Crippen molar-refractivity contribution in [2.24, 2.45) is 5.92 Å². The molecular formula is C24H39Cl3Si2Ti. The maximum atomic E-state index is 2.68. The zero-order valence-corrected chi connectivity index (χ0v) is 26.5. The Morgan fingerprint density at radius 2 is 1.30 bits per heavy atom. The van der Waals surface area contributed by atoms with E-state index in [-0.39, 0.29) is 42.3 Å². The Balaban J connectivity index is 0. The molecule has 2 rings (SSSR count). The summed E-state index contributed by atoms with van der Waals surface area (Å²) in [7, 11) is -3.17. The summed E-state index contributed by atoms with van der Waals surface area (Å²) < 4.78 is 1.63. The SMILES string of the molecule is CC1=C(C)C(C)([Si](C)(CC(C)C)c2cc(C)cc([Si](C)(C)C)c2)[C]([Ti+3])=C1C.[Cl-].[Cl-].[Cl-]. The van der Waals surface area contributed by atoms with E-state index in [0.717, 1.165) is 5.92 Å². The van der Waals surface area contributed by atoms with Crippen LogP contribution in [-0.4, -0.2) is 16.1 Å². The van der Waals surface area contributed by atoms with Gasteiger partial charge in [-0.25, -0.2) is 0 Å². The van der Waals surface area contributed by atoms with Gasteiger partial charge in [0.05, 0.1) is 0 Å². The van der Waals surface area contributed by atoms with Crippen molar-refractivity contribution in [3.05, 3.63) is 44.4 Å². The van der Waals surface area contributed by atoms with Gasteiger partial charge in [0.1, 0.15) is 0 Å². The zero-order valence-electron chi connectivity index (χ0n) is 20.7. The predicted molar refractivity (Wildman–Crippen MR) is 124 cm³/mol. The molecular weight excluding hydrogens is 499 g/mol. The average Bonchev–Trinajstić information content (AvgIpc) is 2.69. The molecule has 1 aliphatic carbocycles. The van der Waals surface area contributed by atoms with Crippen LogP contribution in [-0.2, 0) is 20.4 Å². The third-order valence-corrected chi connectivity index (χ3v) is 17.1. The Kier molecular flexibility index (Phi) is 12.3. The third kappa shape index (κ3) is 5.61. The first-order chi connectivity index (χ1) is 12.2. The van der Waals surface area contributed by atoms with Crippen molar-refractivity contribution in [3.8, 4) is 0 Å². The van der Waals surface area contributed by atoms with Crippen molar-refractivity contribution in [2.75, 3.05) is 0 Å². The van der Waals surface area contributed by atoms with Gasteiger partial charge in [-0.3, -0.25) is 0 Å². The normalized spacial score (nSPS) is 21.1. The van der Waals surface area contributed by atoms with E-state index >= 15 is 0 Å². The van der Waals surface area contributed by atoms with Crippen molar-refractivity contribution in [2.45, 2.75) is 85.7 Å². The van der Waals surface area contributed by atoms with Crippen molar-refractivity contribution in [3.63, 3.8) is 0 Å². The summed E-state index contributed by atoms with van der Waals surface area (Å²) in [6.45, 7) is 26.9. The maximum Gasteiger partial charge on any atom is -1.00 e. The Hall–Kier alpha value is 0.718. The van der Waals surface area contributed by atoms with Crippen LogP contribution < -0.4 is 47.6 Å². The fraction of sp³-hybridized carbons (Fsp3) is 0.583. The average molecular weight is 538 g/mol. The first-order valence-corrected chi connectivity index (χ1v) is 17.4. The summed E-state index contributed by atoms with van der Waals surface area (Å²) in [6.07, 6.45) is 0. The van der Waals surface area contributed by atoms with Crippen molar-refractivity contribution in [1.29, 1.82) is 0 Å². The van der Waals surface area contributed by atoms with Gasteiger partial charge in [-0.1, -0.05) is 0 Å². The minimum atomic E-state index is -1.82. The molecule has 0 heterocycles. The quantitative estimate of drug-likeness (QED) is 0.362. The van der Waals surface area contributed by atoms with Crippen LogP contribution in [0.5, 0.6) is 0 Å². The molecule has 0 N–H and O–H groups in total. The van der Waals surface area contributed by atoms with Crippen molar-refractivity contribution >= 4 is 26.5 Å². The van der Waals surface area contributed by atoms with Gasteiger partial charge in [-0.05, 0) is 0 Å². The van der Waals surface area contributed by atoms with Gasteiger partial charge in [-0.2, -0.15) is 0 Å². The fourth-order valence-electron chi connectivity index (χ4n) is 5.06. The molecule has 0 bridgehead atoms. The van der Waals surface area contributed by atoms with Gasteiger partial charge in [0.15, 0.2) is 0 Å². The second-order valence-electron chi connectivity index (χ2n) is 10.6. The monoisotopic (exact) mass is 536 g/mol. The molecule has 0 amide bonds. The predicted octanol–water partition coefficient (Wildman–Crippen LogP) is -2.58. The Labute approximate surface area is 218 Å². The summed E-state index contributed by atoms with van der Waals surface area (Å²) in [6, 6.07) is 8.96. The number of hydrogen-bond donors (Lipinski definition) is 0. The number of hydrogen-bond acceptors (Lipinski definition) is 0. The number of benzene rings is 1. The van der Waals surface area contributed by atoms with Crippen LogP contribution in [0.25, 0.3) is 0 Å². The summed E-state index contributed by atoms with van der Waals surface area (Å²) in [5, 5.41) is 3.52. The molecule has 0 aromatic heterocycles. The smallest absolute Gasteiger partial charge is 1.00 e. The Morgan fingerprint density at radius 1 is 0.833 bits per heavy atom. The first-order valence-electron chi connectivity index (χ1n) is 10.4. The number of aryl methyl sites for hydroxylation is 1. The maximum absolute atomic E-state index is 2.68. The van der Waals surface area contributed by atoms with Crippen LogP contribution in [0, 0.1) is 12.8 Å². The zero-order chi connectivity index (χ0) is 20.9. The molecule has 0 fully saturated rings. The van der Waals surface area contributed by atoms with Crippen LogP contribution in [0.2, 0.25) is 37.3 Å². The van der Waals surface area contributed by atoms with E-state index in [4.69, 9.17) is 0 Å². The van der Waals surface area contributed by atoms with Crippen LogP contribution in [0.1, 0.15) is 47.1 Å². The molecule has 30 heavy (non-hydrogen) atoms. The fourth-order valence-corrected chi connectivity index (χ4v) is 14.0. The summed E-state index contributed by atoms with van der Waals surface area (Å²) >= 11 is 2.41. The molecule has 0 saturated heterocycles. The van der Waals surface area contributed by atoms with E-state index in [0.29, 0.717) is 0 Å². The summed E-state index contributed by atoms with van der Waals surface area (Å²) in [5.41, 5.74) is 6.15. The molecule has 168 valence electrons. The minimum Gasteiger partial charge on any atom is -1.00 e. The van der Waals surface area contributed by atoms with Gasteiger partial charge >= 0.3 is 183 Å². The van der Waals surface area contributed by atoms with E-state index in [9.17, 15) is 0 Å². The Morgan fingerprint density at radius 3 is 1.67 bits per heavy atom. The van der Waals surface area contributed by atoms with Crippen LogP contribution >= 0.6 is 0 Å². The number of halogens is 3. The molecule has 1 aliphatic rings. The van der Waals surface area contributed by atoms with Gasteiger partial charge in [0.2, 0.25) is 0 Å². The number of allylic oxidation sites excluding steroid dienone is 4. The summed E-state index contributed by atoms with van der Waals surface area (Å²) in [5.74, 6) is 0.719. The largest absolute Gasteiger partial charge is 1.00 e. The first kappa shape index (κ1) is 32.9. The molecule has 0 spiro atoms. The van der Waals surface area contributed by atoms with Gasteiger partial charge in [0.25, 0.3) is 0 Å². The van der Waals surface area contributed by atoms with Gasteiger partial charge in [-0.15, -0.1) is 0 Å². The van der Waals surface area contributed by atoms with Crippen LogP contribution in [0.4, 0.5) is 0 Å². The molecule has 2 unspecified atom stereocenters. The van der Waals surface area contributed by atoms with Gasteiger partial charge in [0, 0.05) is 0 Å². The third-order valence-electron chi connectivity index (χ3n) is 7.25. The van der Waals surface area contributed by atoms with Gasteiger partial charge < -0.3 is 37.2 Å². The molecule has 2 atom stereocenters. The standard InChI is InChI=1S/C24H39Si2.3ClH.Ti/c1-17(2)16-26(11,24(7)15-19(4)20(5)21(24)6)23-13-18(3)12-22(14-23)25(8,9)10;;;;/h12-14,17H,16H2,1-11H3;3*1H;/q;;;;+3/p-3. The van der Waals surface area contributed by atoms with E-state index < -0.39 is 16.1 Å². The molecule has 0 aliphatic heterocycles. The van der Waals surface area contributed by atoms with Crippen molar-refractivity contribution < 1.29 is 57.7 Å². The second-order valence-corrected chi connectivity index (χ2v) is 21.2. The van der Waals surface area contributed by atoms with Crippen LogP contribution in [0.3, 0.4) is 0 Å². The van der Waals surface area contributed by atoms with E-state index in [1.165, 1.54) is 22.8 Å². The number of rotatable bonds is 5. The van der Waals surface area contributed by atoms with Crippen LogP contribution in [0.15, 0.2) is 38.8 Å². The molecule has 0 nitrogen and oxygen atoms in total. The molecule has 1 aromatic carbocycles. The minimum absolute atomic E-state index is 0. The van der Waals surface area contributed by atoms with Crippen molar-refractivity contribution in [1.82, 2.24) is 0 Å². The summed E-state index contributed by atoms with van der Waals surface area (Å²) in [4.78, 5) is 0. The Bertz CT molecular complexity index is 798. The molecule has 0 radical (unpaired) electrons. The van der Waals surface area contributed by atoms with E-state index in [1.54, 1.807) is 19.8 Å². The van der Waals surface area contributed by atoms with E-state index in [1.807, 2.05) is 0 Å². The second kappa shape index (κ2) is 11.2. The van der Waals surface area contributed by atoms with E-state index in [2.05, 4.69) is 113 Å².